The molecule has 1 saturated carbocycles. The number of thioether (sulfide) groups is 1. The fourth-order valence-electron chi connectivity index (χ4n) is 3.11. The van der Waals surface area contributed by atoms with Crippen molar-refractivity contribution in [3.8, 4) is 0 Å². The fourth-order valence-corrected chi connectivity index (χ4v) is 4.25. The first-order valence-electron chi connectivity index (χ1n) is 7.08. The van der Waals surface area contributed by atoms with Crippen LogP contribution in [0.25, 0.3) is 11.0 Å². The highest BCUT2D eigenvalue weighted by Gasteiger charge is 2.28. The van der Waals surface area contributed by atoms with E-state index in [4.69, 9.17) is 5.11 Å². The van der Waals surface area contributed by atoms with Gasteiger partial charge in [0.25, 0.3) is 0 Å². The number of aromatic nitrogens is 2. The molecular weight excluding hydrogens is 352 g/mol. The second-order valence-electron chi connectivity index (χ2n) is 5.56. The van der Waals surface area contributed by atoms with Crippen LogP contribution in [0.15, 0.2) is 27.8 Å². The highest BCUT2D eigenvalue weighted by molar-refractivity contribution is 9.10. The van der Waals surface area contributed by atoms with Gasteiger partial charge in [-0.1, -0.05) is 41.0 Å². The molecule has 6 heteroatoms. The molecule has 1 aliphatic rings. The Morgan fingerprint density at radius 3 is 3.00 bits per heavy atom. The van der Waals surface area contributed by atoms with E-state index < -0.39 is 5.97 Å². The largest absolute Gasteiger partial charge is 0.481 e. The van der Waals surface area contributed by atoms with E-state index >= 15 is 0 Å². The summed E-state index contributed by atoms with van der Waals surface area (Å²) in [5.74, 6) is -0.152. The summed E-state index contributed by atoms with van der Waals surface area (Å²) in [7, 11) is 0. The Labute approximate surface area is 136 Å². The molecule has 0 amide bonds. The SMILES string of the molecule is CC1CCCC1n1c(SCC(=O)O)nc2cc(Br)ccc21. The van der Waals surface area contributed by atoms with Crippen molar-refractivity contribution in [2.24, 2.45) is 5.92 Å². The van der Waals surface area contributed by atoms with Crippen LogP contribution in [-0.2, 0) is 4.79 Å². The summed E-state index contributed by atoms with van der Waals surface area (Å²) >= 11 is 4.79. The lowest BCUT2D eigenvalue weighted by Crippen LogP contribution is -2.13. The maximum atomic E-state index is 10.9. The predicted octanol–water partition coefficient (Wildman–Crippen LogP) is 4.34. The maximum Gasteiger partial charge on any atom is 0.313 e. The zero-order chi connectivity index (χ0) is 15.0. The standard InChI is InChI=1S/C15H17BrN2O2S/c1-9-3-2-4-12(9)18-13-6-5-10(16)7-11(13)17-15(18)21-8-14(19)20/h5-7,9,12H,2-4,8H2,1H3,(H,19,20). The molecule has 3 rings (SSSR count). The minimum Gasteiger partial charge on any atom is -0.481 e. The summed E-state index contributed by atoms with van der Waals surface area (Å²) < 4.78 is 3.25. The van der Waals surface area contributed by atoms with Crippen molar-refractivity contribution in [2.75, 3.05) is 5.75 Å². The Morgan fingerprint density at radius 2 is 2.33 bits per heavy atom. The maximum absolute atomic E-state index is 10.9. The van der Waals surface area contributed by atoms with E-state index in [2.05, 4.69) is 38.5 Å². The van der Waals surface area contributed by atoms with Gasteiger partial charge in [0.1, 0.15) is 0 Å². The number of benzene rings is 1. The number of fused-ring (bicyclic) bond motifs is 1. The van der Waals surface area contributed by atoms with Crippen molar-refractivity contribution in [1.82, 2.24) is 9.55 Å². The van der Waals surface area contributed by atoms with Crippen molar-refractivity contribution in [3.63, 3.8) is 0 Å². The van der Waals surface area contributed by atoms with Crippen molar-refractivity contribution in [1.29, 1.82) is 0 Å². The summed E-state index contributed by atoms with van der Waals surface area (Å²) in [6.07, 6.45) is 3.60. The van der Waals surface area contributed by atoms with Gasteiger partial charge in [0.05, 0.1) is 16.8 Å². The molecule has 2 aromatic rings. The summed E-state index contributed by atoms with van der Waals surface area (Å²) in [5, 5.41) is 9.76. The summed E-state index contributed by atoms with van der Waals surface area (Å²) in [6, 6.07) is 6.51. The van der Waals surface area contributed by atoms with Gasteiger partial charge >= 0.3 is 5.97 Å². The zero-order valence-corrected chi connectivity index (χ0v) is 14.2. The number of carbonyl (C=O) groups is 1. The summed E-state index contributed by atoms with van der Waals surface area (Å²) in [5.41, 5.74) is 2.03. The van der Waals surface area contributed by atoms with Crippen molar-refractivity contribution in [2.45, 2.75) is 37.4 Å². The molecule has 1 aromatic heterocycles. The van der Waals surface area contributed by atoms with Crippen LogP contribution in [0.4, 0.5) is 0 Å². The molecule has 1 fully saturated rings. The van der Waals surface area contributed by atoms with Gasteiger partial charge < -0.3 is 9.67 Å². The van der Waals surface area contributed by atoms with E-state index in [1.165, 1.54) is 24.6 Å². The molecule has 1 N–H and O–H groups in total. The third-order valence-electron chi connectivity index (χ3n) is 4.09. The number of halogens is 1. The molecule has 2 atom stereocenters. The highest BCUT2D eigenvalue weighted by atomic mass is 79.9. The van der Waals surface area contributed by atoms with Crippen molar-refractivity contribution in [3.05, 3.63) is 22.7 Å². The number of carboxylic acid groups (broad SMARTS) is 1. The molecule has 21 heavy (non-hydrogen) atoms. The van der Waals surface area contributed by atoms with Crippen LogP contribution in [0.5, 0.6) is 0 Å². The number of hydrogen-bond acceptors (Lipinski definition) is 3. The molecule has 0 aliphatic heterocycles. The Hall–Kier alpha value is -1.01. The monoisotopic (exact) mass is 368 g/mol. The van der Waals surface area contributed by atoms with Gasteiger partial charge in [-0.3, -0.25) is 4.79 Å². The van der Waals surface area contributed by atoms with Crippen molar-refractivity contribution >= 4 is 44.7 Å². The van der Waals surface area contributed by atoms with Crippen LogP contribution < -0.4 is 0 Å². The normalized spacial score (nSPS) is 22.0. The molecule has 0 spiro atoms. The number of aliphatic carboxylic acids is 1. The van der Waals surface area contributed by atoms with Gasteiger partial charge in [0.15, 0.2) is 5.16 Å². The van der Waals surface area contributed by atoms with Gasteiger partial charge in [-0.2, -0.15) is 0 Å². The van der Waals surface area contributed by atoms with E-state index in [0.717, 1.165) is 27.1 Å². The Balaban J connectivity index is 2.08. The molecule has 1 aromatic carbocycles. The molecule has 112 valence electrons. The minimum atomic E-state index is -0.806. The number of imidazole rings is 1. The second kappa shape index (κ2) is 6.01. The van der Waals surface area contributed by atoms with E-state index in [1.54, 1.807) is 0 Å². The number of nitrogens with zero attached hydrogens (tertiary/aromatic N) is 2. The molecule has 2 unspecified atom stereocenters. The molecule has 1 heterocycles. The average Bonchev–Trinajstić information content (AvgIpc) is 2.98. The molecular formula is C15H17BrN2O2S. The number of rotatable bonds is 4. The lowest BCUT2D eigenvalue weighted by molar-refractivity contribution is -0.133. The molecule has 0 radical (unpaired) electrons. The predicted molar refractivity (Wildman–Crippen MR) is 87.8 cm³/mol. The summed E-state index contributed by atoms with van der Waals surface area (Å²) in [6.45, 7) is 2.27. The molecule has 1 aliphatic carbocycles. The first-order chi connectivity index (χ1) is 10.1. The smallest absolute Gasteiger partial charge is 0.313 e. The molecule has 0 saturated heterocycles. The van der Waals surface area contributed by atoms with E-state index in [9.17, 15) is 4.79 Å². The van der Waals surface area contributed by atoms with Gasteiger partial charge in [-0.15, -0.1) is 0 Å². The first kappa shape index (κ1) is 14.9. The van der Waals surface area contributed by atoms with Crippen LogP contribution >= 0.6 is 27.7 Å². The third kappa shape index (κ3) is 2.97. The Bertz CT molecular complexity index is 686. The average molecular weight is 369 g/mol. The topological polar surface area (TPSA) is 55.1 Å². The minimum absolute atomic E-state index is 0.0472. The van der Waals surface area contributed by atoms with Gasteiger partial charge in [-0.05, 0) is 37.0 Å². The fraction of sp³-hybridized carbons (Fsp3) is 0.467. The van der Waals surface area contributed by atoms with Crippen molar-refractivity contribution < 1.29 is 9.90 Å². The highest BCUT2D eigenvalue weighted by Crippen LogP contribution is 2.40. The van der Waals surface area contributed by atoms with Crippen LogP contribution in [0.2, 0.25) is 0 Å². The van der Waals surface area contributed by atoms with Gasteiger partial charge in [0.2, 0.25) is 0 Å². The Morgan fingerprint density at radius 1 is 1.52 bits per heavy atom. The first-order valence-corrected chi connectivity index (χ1v) is 8.86. The van der Waals surface area contributed by atoms with Crippen LogP contribution in [0, 0.1) is 5.92 Å². The third-order valence-corrected chi connectivity index (χ3v) is 5.52. The van der Waals surface area contributed by atoms with Gasteiger partial charge in [0, 0.05) is 10.5 Å². The van der Waals surface area contributed by atoms with Crippen LogP contribution in [0.1, 0.15) is 32.2 Å². The lowest BCUT2D eigenvalue weighted by Gasteiger charge is -2.20. The number of hydrogen-bond donors (Lipinski definition) is 1. The van der Waals surface area contributed by atoms with Gasteiger partial charge in [-0.25, -0.2) is 4.98 Å². The number of carboxylic acids is 1. The van der Waals surface area contributed by atoms with E-state index in [-0.39, 0.29) is 5.75 Å². The second-order valence-corrected chi connectivity index (χ2v) is 7.41. The quantitative estimate of drug-likeness (QED) is 0.815. The lowest BCUT2D eigenvalue weighted by atomic mass is 10.1. The Kier molecular flexibility index (Phi) is 4.26. The zero-order valence-electron chi connectivity index (χ0n) is 11.8. The van der Waals surface area contributed by atoms with E-state index in [0.29, 0.717) is 12.0 Å². The van der Waals surface area contributed by atoms with Crippen LogP contribution in [0.3, 0.4) is 0 Å². The summed E-state index contributed by atoms with van der Waals surface area (Å²) in [4.78, 5) is 15.5. The van der Waals surface area contributed by atoms with Crippen LogP contribution in [-0.4, -0.2) is 26.4 Å². The molecule has 4 nitrogen and oxygen atoms in total. The molecule has 0 bridgehead atoms. The van der Waals surface area contributed by atoms with E-state index in [1.807, 2.05) is 12.1 Å².